The van der Waals surface area contributed by atoms with Gasteiger partial charge in [0.2, 0.25) is 5.91 Å². The molecule has 1 amide bonds. The number of fused-ring (bicyclic) bond motifs is 1. The molecule has 1 aromatic rings. The van der Waals surface area contributed by atoms with Gasteiger partial charge < -0.3 is 10.2 Å². The monoisotopic (exact) mass is 232 g/mol. The third-order valence-electron chi connectivity index (χ3n) is 3.15. The molecule has 1 N–H and O–H groups in total. The van der Waals surface area contributed by atoms with Gasteiger partial charge in [-0.2, -0.15) is 0 Å². The summed E-state index contributed by atoms with van der Waals surface area (Å²) in [6.07, 6.45) is 0.817. The van der Waals surface area contributed by atoms with Crippen LogP contribution in [0.25, 0.3) is 0 Å². The third-order valence-corrected chi connectivity index (χ3v) is 3.15. The Morgan fingerprint density at radius 1 is 1.29 bits per heavy atom. The number of carbonyl (C=O) groups excluding carboxylic acids is 1. The maximum absolute atomic E-state index is 12.1. The smallest absolute Gasteiger partial charge is 0.247 e. The van der Waals surface area contributed by atoms with Crippen LogP contribution in [-0.2, 0) is 4.79 Å². The molecule has 1 aromatic carbocycles. The molecule has 3 heteroatoms. The third kappa shape index (κ3) is 2.02. The zero-order chi connectivity index (χ0) is 12.6. The first-order valence-electron chi connectivity index (χ1n) is 6.14. The van der Waals surface area contributed by atoms with Crippen LogP contribution in [0.15, 0.2) is 24.3 Å². The highest BCUT2D eigenvalue weighted by molar-refractivity contribution is 6.03. The van der Waals surface area contributed by atoms with Crippen molar-refractivity contribution in [3.8, 4) is 0 Å². The van der Waals surface area contributed by atoms with Crippen LogP contribution >= 0.6 is 0 Å². The minimum absolute atomic E-state index is 0.0610. The van der Waals surface area contributed by atoms with Gasteiger partial charge in [-0.3, -0.25) is 4.79 Å². The average Bonchev–Trinajstić information content (AvgIpc) is 2.25. The van der Waals surface area contributed by atoms with Crippen LogP contribution in [0.1, 0.15) is 34.1 Å². The molecule has 0 aliphatic carbocycles. The number of carbonyl (C=O) groups is 1. The van der Waals surface area contributed by atoms with Crippen LogP contribution in [0, 0.1) is 0 Å². The van der Waals surface area contributed by atoms with E-state index in [4.69, 9.17) is 0 Å². The fourth-order valence-corrected chi connectivity index (χ4v) is 2.49. The summed E-state index contributed by atoms with van der Waals surface area (Å²) in [4.78, 5) is 14.3. The van der Waals surface area contributed by atoms with E-state index in [1.807, 2.05) is 18.2 Å². The maximum Gasteiger partial charge on any atom is 0.247 e. The largest absolute Gasteiger partial charge is 0.353 e. The molecule has 1 aliphatic heterocycles. The Hall–Kier alpha value is -1.51. The lowest BCUT2D eigenvalue weighted by Crippen LogP contribution is -2.56. The van der Waals surface area contributed by atoms with E-state index in [9.17, 15) is 4.79 Å². The van der Waals surface area contributed by atoms with E-state index in [1.54, 1.807) is 0 Å². The lowest BCUT2D eigenvalue weighted by molar-refractivity contribution is -0.118. The molecule has 0 radical (unpaired) electrons. The second kappa shape index (κ2) is 4.06. The quantitative estimate of drug-likeness (QED) is 0.807. The van der Waals surface area contributed by atoms with Crippen molar-refractivity contribution in [2.75, 3.05) is 10.2 Å². The van der Waals surface area contributed by atoms with Crippen LogP contribution in [0.2, 0.25) is 0 Å². The second-order valence-corrected chi connectivity index (χ2v) is 5.47. The molecule has 0 saturated carbocycles. The number of nitrogens with one attached hydrogen (secondary N) is 1. The highest BCUT2D eigenvalue weighted by Crippen LogP contribution is 2.37. The van der Waals surface area contributed by atoms with Crippen molar-refractivity contribution in [1.82, 2.24) is 0 Å². The Morgan fingerprint density at radius 3 is 2.53 bits per heavy atom. The number of hydrogen-bond donors (Lipinski definition) is 1. The van der Waals surface area contributed by atoms with E-state index in [2.05, 4.69) is 44.0 Å². The molecule has 1 aliphatic rings. The van der Waals surface area contributed by atoms with Crippen LogP contribution < -0.4 is 10.2 Å². The van der Waals surface area contributed by atoms with Gasteiger partial charge in [-0.15, -0.1) is 0 Å². The van der Waals surface area contributed by atoms with E-state index in [0.29, 0.717) is 0 Å². The van der Waals surface area contributed by atoms with Gasteiger partial charge in [-0.25, -0.2) is 0 Å². The van der Waals surface area contributed by atoms with Gasteiger partial charge in [-0.1, -0.05) is 19.1 Å². The molecule has 1 heterocycles. The minimum atomic E-state index is -0.0788. The number of hydrogen-bond acceptors (Lipinski definition) is 2. The summed E-state index contributed by atoms with van der Waals surface area (Å²) in [5.41, 5.74) is 1.97. The molecule has 17 heavy (non-hydrogen) atoms. The molecule has 92 valence electrons. The predicted molar refractivity (Wildman–Crippen MR) is 71.4 cm³/mol. The van der Waals surface area contributed by atoms with Gasteiger partial charge in [0.1, 0.15) is 6.04 Å². The van der Waals surface area contributed by atoms with Crippen LogP contribution in [0.3, 0.4) is 0 Å². The number of anilines is 2. The van der Waals surface area contributed by atoms with Gasteiger partial charge in [0.15, 0.2) is 0 Å². The fraction of sp³-hybridized carbons (Fsp3) is 0.500. The average molecular weight is 232 g/mol. The summed E-state index contributed by atoms with van der Waals surface area (Å²) in [7, 11) is 0. The molecular weight excluding hydrogens is 212 g/mol. The van der Waals surface area contributed by atoms with Crippen molar-refractivity contribution < 1.29 is 4.79 Å². The number of rotatable bonds is 1. The SMILES string of the molecule is CCC1C(=O)Nc2ccccc2N1C(C)(C)C. The summed E-state index contributed by atoms with van der Waals surface area (Å²) in [6.45, 7) is 8.48. The molecule has 0 spiro atoms. The summed E-state index contributed by atoms with van der Waals surface area (Å²) in [5.74, 6) is 0.0983. The second-order valence-electron chi connectivity index (χ2n) is 5.47. The zero-order valence-electron chi connectivity index (χ0n) is 10.9. The molecule has 2 rings (SSSR count). The minimum Gasteiger partial charge on any atom is -0.353 e. The van der Waals surface area contributed by atoms with Gasteiger partial charge in [0.05, 0.1) is 11.4 Å². The zero-order valence-corrected chi connectivity index (χ0v) is 10.9. The normalized spacial score (nSPS) is 19.9. The Balaban J connectivity index is 2.54. The molecule has 0 bridgehead atoms. The first kappa shape index (κ1) is 12.0. The summed E-state index contributed by atoms with van der Waals surface area (Å²) >= 11 is 0. The van der Waals surface area contributed by atoms with Crippen molar-refractivity contribution in [2.24, 2.45) is 0 Å². The van der Waals surface area contributed by atoms with Crippen molar-refractivity contribution in [3.05, 3.63) is 24.3 Å². The highest BCUT2D eigenvalue weighted by atomic mass is 16.2. The molecule has 0 aromatic heterocycles. The molecule has 3 nitrogen and oxygen atoms in total. The molecule has 1 unspecified atom stereocenters. The van der Waals surface area contributed by atoms with Crippen molar-refractivity contribution in [1.29, 1.82) is 0 Å². The highest BCUT2D eigenvalue weighted by Gasteiger charge is 2.37. The fourth-order valence-electron chi connectivity index (χ4n) is 2.49. The summed E-state index contributed by atoms with van der Waals surface area (Å²) in [6, 6.07) is 7.92. The Kier molecular flexibility index (Phi) is 2.86. The number of nitrogens with zero attached hydrogens (tertiary/aromatic N) is 1. The van der Waals surface area contributed by atoms with Gasteiger partial charge in [0.25, 0.3) is 0 Å². The first-order valence-corrected chi connectivity index (χ1v) is 6.14. The number of para-hydroxylation sites is 2. The van der Waals surface area contributed by atoms with Crippen molar-refractivity contribution >= 4 is 17.3 Å². The lowest BCUT2D eigenvalue weighted by Gasteiger charge is -2.46. The van der Waals surface area contributed by atoms with Crippen LogP contribution in [-0.4, -0.2) is 17.5 Å². The number of amides is 1. The van der Waals surface area contributed by atoms with Gasteiger partial charge >= 0.3 is 0 Å². The van der Waals surface area contributed by atoms with Gasteiger partial charge in [-0.05, 0) is 39.3 Å². The van der Waals surface area contributed by atoms with Crippen LogP contribution in [0.5, 0.6) is 0 Å². The van der Waals surface area contributed by atoms with Crippen LogP contribution in [0.4, 0.5) is 11.4 Å². The standard InChI is InChI=1S/C14H20N2O/c1-5-11-13(17)15-10-8-6-7-9-12(10)16(11)14(2,3)4/h6-9,11H,5H2,1-4H3,(H,15,17). The Labute approximate surface area is 103 Å². The van der Waals surface area contributed by atoms with E-state index >= 15 is 0 Å². The first-order chi connectivity index (χ1) is 7.95. The van der Waals surface area contributed by atoms with E-state index in [1.165, 1.54) is 0 Å². The lowest BCUT2D eigenvalue weighted by atomic mass is 9.96. The van der Waals surface area contributed by atoms with Crippen molar-refractivity contribution in [2.45, 2.75) is 45.7 Å². The maximum atomic E-state index is 12.1. The molecule has 0 saturated heterocycles. The molecular formula is C14H20N2O. The van der Waals surface area contributed by atoms with Crippen molar-refractivity contribution in [3.63, 3.8) is 0 Å². The number of benzene rings is 1. The summed E-state index contributed by atoms with van der Waals surface area (Å²) in [5, 5.41) is 2.98. The topological polar surface area (TPSA) is 32.3 Å². The molecule has 1 atom stereocenters. The van der Waals surface area contributed by atoms with E-state index in [0.717, 1.165) is 17.8 Å². The predicted octanol–water partition coefficient (Wildman–Crippen LogP) is 3.02. The Morgan fingerprint density at radius 2 is 1.94 bits per heavy atom. The summed E-state index contributed by atoms with van der Waals surface area (Å²) < 4.78 is 0. The van der Waals surface area contributed by atoms with E-state index < -0.39 is 0 Å². The molecule has 0 fully saturated rings. The Bertz CT molecular complexity index is 434. The van der Waals surface area contributed by atoms with E-state index in [-0.39, 0.29) is 17.5 Å². The van der Waals surface area contributed by atoms with Gasteiger partial charge in [0, 0.05) is 5.54 Å².